The van der Waals surface area contributed by atoms with Crippen LogP contribution in [0.4, 0.5) is 17.6 Å². The van der Waals surface area contributed by atoms with Crippen molar-refractivity contribution in [2.75, 3.05) is 0 Å². The molecule has 0 spiro atoms. The first-order valence-electron chi connectivity index (χ1n) is 4.08. The number of benzene rings is 1. The van der Waals surface area contributed by atoms with E-state index in [0.29, 0.717) is 6.29 Å². The van der Waals surface area contributed by atoms with E-state index in [9.17, 15) is 22.4 Å². The molecule has 0 saturated carbocycles. The Bertz CT molecular complexity index is 444. The second-order valence-electron chi connectivity index (χ2n) is 3.06. The van der Waals surface area contributed by atoms with Gasteiger partial charge in [0.05, 0.1) is 0 Å². The van der Waals surface area contributed by atoms with Gasteiger partial charge < -0.3 is 9.47 Å². The lowest BCUT2D eigenvalue weighted by Gasteiger charge is -2.31. The van der Waals surface area contributed by atoms with Crippen LogP contribution in [-0.4, -0.2) is 18.5 Å². The number of fused-ring (bicyclic) bond motifs is 1. The van der Waals surface area contributed by atoms with Crippen molar-refractivity contribution < 1.29 is 31.8 Å². The summed E-state index contributed by atoms with van der Waals surface area (Å²) in [6, 6.07) is 3.00. The molecule has 0 fully saturated rings. The van der Waals surface area contributed by atoms with E-state index in [1.54, 1.807) is 0 Å². The van der Waals surface area contributed by atoms with Crippen molar-refractivity contribution in [3.8, 4) is 11.5 Å². The lowest BCUT2D eigenvalue weighted by Crippen LogP contribution is -2.52. The number of alkyl halides is 4. The minimum atomic E-state index is -4.76. The third-order valence-electron chi connectivity index (χ3n) is 1.92. The van der Waals surface area contributed by atoms with Crippen molar-refractivity contribution in [1.82, 2.24) is 0 Å². The Morgan fingerprint density at radius 2 is 1.56 bits per heavy atom. The maximum Gasteiger partial charge on any atom is 0.507 e. The second-order valence-corrected chi connectivity index (χ2v) is 3.06. The first-order valence-corrected chi connectivity index (χ1v) is 4.08. The summed E-state index contributed by atoms with van der Waals surface area (Å²) >= 11 is 0. The van der Waals surface area contributed by atoms with Crippen LogP contribution < -0.4 is 9.47 Å². The van der Waals surface area contributed by atoms with Crippen LogP contribution in [-0.2, 0) is 0 Å². The molecule has 2 rings (SSSR count). The van der Waals surface area contributed by atoms with Gasteiger partial charge in [0.15, 0.2) is 11.5 Å². The van der Waals surface area contributed by atoms with Crippen molar-refractivity contribution in [2.45, 2.75) is 12.2 Å². The summed E-state index contributed by atoms with van der Waals surface area (Å²) in [4.78, 5) is 10.3. The quantitative estimate of drug-likeness (QED) is 0.555. The third-order valence-corrected chi connectivity index (χ3v) is 1.92. The van der Waals surface area contributed by atoms with Gasteiger partial charge in [-0.1, -0.05) is 0 Å². The van der Waals surface area contributed by atoms with E-state index in [4.69, 9.17) is 0 Å². The molecule has 0 aliphatic carbocycles. The summed E-state index contributed by atoms with van der Waals surface area (Å²) in [7, 11) is 0. The molecule has 0 unspecified atom stereocenters. The third kappa shape index (κ3) is 1.48. The fraction of sp³-hybridized carbons (Fsp3) is 0.222. The molecule has 1 aromatic rings. The SMILES string of the molecule is O=Cc1ccc2c(c1)OC(F)(F)C(F)(F)O2. The highest BCUT2D eigenvalue weighted by molar-refractivity contribution is 5.76. The van der Waals surface area contributed by atoms with E-state index in [1.807, 2.05) is 0 Å². The zero-order valence-corrected chi connectivity index (χ0v) is 7.55. The van der Waals surface area contributed by atoms with E-state index < -0.39 is 23.7 Å². The van der Waals surface area contributed by atoms with Gasteiger partial charge in [0.1, 0.15) is 6.29 Å². The van der Waals surface area contributed by atoms with Crippen molar-refractivity contribution in [3.63, 3.8) is 0 Å². The molecular formula is C9H4F4O3. The molecular weight excluding hydrogens is 232 g/mol. The van der Waals surface area contributed by atoms with Crippen molar-refractivity contribution in [3.05, 3.63) is 23.8 Å². The topological polar surface area (TPSA) is 35.5 Å². The highest BCUT2D eigenvalue weighted by Crippen LogP contribution is 2.46. The van der Waals surface area contributed by atoms with Crippen LogP contribution in [0.25, 0.3) is 0 Å². The van der Waals surface area contributed by atoms with E-state index >= 15 is 0 Å². The van der Waals surface area contributed by atoms with Crippen LogP contribution in [0.1, 0.15) is 10.4 Å². The van der Waals surface area contributed by atoms with E-state index in [2.05, 4.69) is 9.47 Å². The van der Waals surface area contributed by atoms with Crippen molar-refractivity contribution >= 4 is 6.29 Å². The molecule has 0 bridgehead atoms. The number of carbonyl (C=O) groups excluding carboxylic acids is 1. The van der Waals surface area contributed by atoms with E-state index in [-0.39, 0.29) is 5.56 Å². The molecule has 0 radical (unpaired) electrons. The normalized spacial score (nSPS) is 20.2. The van der Waals surface area contributed by atoms with Gasteiger partial charge in [0.2, 0.25) is 0 Å². The second kappa shape index (κ2) is 3.10. The molecule has 3 nitrogen and oxygen atoms in total. The molecule has 1 aromatic carbocycles. The molecule has 0 atom stereocenters. The lowest BCUT2D eigenvalue weighted by molar-refractivity contribution is -0.391. The van der Waals surface area contributed by atoms with Crippen LogP contribution in [0, 0.1) is 0 Å². The van der Waals surface area contributed by atoms with Crippen molar-refractivity contribution in [2.24, 2.45) is 0 Å². The number of rotatable bonds is 1. The van der Waals surface area contributed by atoms with E-state index in [1.165, 1.54) is 0 Å². The largest absolute Gasteiger partial charge is 0.507 e. The van der Waals surface area contributed by atoms with Gasteiger partial charge in [-0.05, 0) is 18.2 Å². The molecule has 1 heterocycles. The van der Waals surface area contributed by atoms with Crippen LogP contribution in [0.2, 0.25) is 0 Å². The number of ether oxygens (including phenoxy) is 2. The maximum absolute atomic E-state index is 12.7. The van der Waals surface area contributed by atoms with Gasteiger partial charge in [-0.2, -0.15) is 17.6 Å². The molecule has 0 N–H and O–H groups in total. The van der Waals surface area contributed by atoms with Gasteiger partial charge >= 0.3 is 12.2 Å². The average Bonchev–Trinajstić information content (AvgIpc) is 2.18. The molecule has 86 valence electrons. The Labute approximate surface area is 86.6 Å². The Hall–Kier alpha value is -1.79. The molecule has 1 aliphatic heterocycles. The lowest BCUT2D eigenvalue weighted by atomic mass is 10.2. The predicted octanol–water partition coefficient (Wildman–Crippen LogP) is 2.46. The first-order chi connectivity index (χ1) is 7.36. The summed E-state index contributed by atoms with van der Waals surface area (Å²) in [5, 5.41) is 0. The molecule has 16 heavy (non-hydrogen) atoms. The standard InChI is InChI=1S/C9H4F4O3/c10-8(11)9(12,13)16-7-3-5(4-14)1-2-6(7)15-8/h1-4H. The van der Waals surface area contributed by atoms with Crippen molar-refractivity contribution in [1.29, 1.82) is 0 Å². The Morgan fingerprint density at radius 3 is 2.12 bits per heavy atom. The van der Waals surface area contributed by atoms with Gasteiger partial charge in [0.25, 0.3) is 0 Å². The fourth-order valence-electron chi connectivity index (χ4n) is 1.16. The van der Waals surface area contributed by atoms with Gasteiger partial charge in [0, 0.05) is 5.56 Å². The van der Waals surface area contributed by atoms with Gasteiger partial charge in [-0.25, -0.2) is 0 Å². The molecule has 0 saturated heterocycles. The molecule has 0 aromatic heterocycles. The number of halogens is 4. The number of hydrogen-bond acceptors (Lipinski definition) is 3. The Balaban J connectivity index is 2.47. The monoisotopic (exact) mass is 236 g/mol. The first kappa shape index (κ1) is 10.7. The summed E-state index contributed by atoms with van der Waals surface area (Å²) in [5.74, 6) is -1.14. The van der Waals surface area contributed by atoms with Crippen LogP contribution in [0.15, 0.2) is 18.2 Å². The zero-order chi connectivity index (χ0) is 12.0. The minimum absolute atomic E-state index is 0.0170. The summed E-state index contributed by atoms with van der Waals surface area (Å²) < 4.78 is 58.4. The summed E-state index contributed by atoms with van der Waals surface area (Å²) in [6.45, 7) is 0. The Kier molecular flexibility index (Phi) is 2.08. The zero-order valence-electron chi connectivity index (χ0n) is 7.55. The van der Waals surface area contributed by atoms with E-state index in [0.717, 1.165) is 18.2 Å². The minimum Gasteiger partial charge on any atom is -0.421 e. The smallest absolute Gasteiger partial charge is 0.421 e. The molecule has 1 aliphatic rings. The number of aldehydes is 1. The highest BCUT2D eigenvalue weighted by Gasteiger charge is 2.65. The van der Waals surface area contributed by atoms with Crippen LogP contribution in [0.5, 0.6) is 11.5 Å². The number of hydrogen-bond donors (Lipinski definition) is 0. The molecule has 0 amide bonds. The summed E-state index contributed by atoms with van der Waals surface area (Å²) in [5.41, 5.74) is 0.0170. The highest BCUT2D eigenvalue weighted by atomic mass is 19.3. The summed E-state index contributed by atoms with van der Waals surface area (Å²) in [6.07, 6.45) is -9.13. The average molecular weight is 236 g/mol. The van der Waals surface area contributed by atoms with Gasteiger partial charge in [-0.15, -0.1) is 0 Å². The van der Waals surface area contributed by atoms with Crippen LogP contribution in [0.3, 0.4) is 0 Å². The maximum atomic E-state index is 12.7. The fourth-order valence-corrected chi connectivity index (χ4v) is 1.16. The van der Waals surface area contributed by atoms with Crippen LogP contribution >= 0.6 is 0 Å². The van der Waals surface area contributed by atoms with Gasteiger partial charge in [-0.3, -0.25) is 4.79 Å². The predicted molar refractivity (Wildman–Crippen MR) is 43.0 cm³/mol. The molecule has 7 heteroatoms. The number of carbonyl (C=O) groups is 1. The Morgan fingerprint density at radius 1 is 1.00 bits per heavy atom.